The first-order chi connectivity index (χ1) is 13.1. The van der Waals surface area contributed by atoms with Gasteiger partial charge in [0.15, 0.2) is 0 Å². The van der Waals surface area contributed by atoms with E-state index in [4.69, 9.17) is 0 Å². The van der Waals surface area contributed by atoms with Crippen LogP contribution in [0, 0.1) is 17.8 Å². The van der Waals surface area contributed by atoms with Gasteiger partial charge in [0.1, 0.15) is 18.5 Å². The first-order valence-corrected chi connectivity index (χ1v) is 9.36. The van der Waals surface area contributed by atoms with Crippen LogP contribution >= 0.6 is 0 Å². The number of aromatic nitrogens is 2. The molecule has 1 aromatic carbocycles. The van der Waals surface area contributed by atoms with Crippen molar-refractivity contribution in [3.05, 3.63) is 24.5 Å². The summed E-state index contributed by atoms with van der Waals surface area (Å²) in [5, 5.41) is 2.81. The number of anilines is 1. The predicted octanol–water partition coefficient (Wildman–Crippen LogP) is 2.34. The molecule has 6 nitrogen and oxygen atoms in total. The van der Waals surface area contributed by atoms with E-state index < -0.39 is 0 Å². The molecule has 0 unspecified atom stereocenters. The summed E-state index contributed by atoms with van der Waals surface area (Å²) in [6, 6.07) is 5.62. The summed E-state index contributed by atoms with van der Waals surface area (Å²) in [6.07, 6.45) is 1.55. The van der Waals surface area contributed by atoms with Crippen LogP contribution in [0.15, 0.2) is 24.5 Å². The van der Waals surface area contributed by atoms with Gasteiger partial charge < -0.3 is 10.2 Å². The van der Waals surface area contributed by atoms with Crippen molar-refractivity contribution in [2.24, 2.45) is 5.92 Å². The Labute approximate surface area is 159 Å². The van der Waals surface area contributed by atoms with Crippen LogP contribution in [0.4, 0.5) is 14.9 Å². The lowest BCUT2D eigenvalue weighted by atomic mass is 10.2. The molecule has 1 fully saturated rings. The Kier molecular flexibility index (Phi) is 6.30. The highest BCUT2D eigenvalue weighted by Gasteiger charge is 2.20. The Morgan fingerprint density at radius 2 is 2.07 bits per heavy atom. The van der Waals surface area contributed by atoms with Crippen molar-refractivity contribution in [1.29, 1.82) is 0 Å². The van der Waals surface area contributed by atoms with Gasteiger partial charge in [0.05, 0.1) is 17.7 Å². The number of nitrogens with one attached hydrogen (secondary N) is 1. The molecule has 27 heavy (non-hydrogen) atoms. The molecule has 1 N–H and O–H groups in total. The first kappa shape index (κ1) is 19.2. The minimum atomic E-state index is -0.309. The number of rotatable bonds is 4. The van der Waals surface area contributed by atoms with Gasteiger partial charge in [0.25, 0.3) is 0 Å². The smallest absolute Gasteiger partial charge is 0.328 e. The maximum absolute atomic E-state index is 12.5. The molecule has 144 valence electrons. The Morgan fingerprint density at radius 3 is 2.78 bits per heavy atom. The molecule has 2 aromatic rings. The van der Waals surface area contributed by atoms with Crippen molar-refractivity contribution in [3.8, 4) is 11.8 Å². The summed E-state index contributed by atoms with van der Waals surface area (Å²) >= 11 is 0. The number of alkyl halides is 1. The van der Waals surface area contributed by atoms with E-state index in [9.17, 15) is 9.18 Å². The van der Waals surface area contributed by atoms with Crippen LogP contribution < -0.4 is 10.2 Å². The van der Waals surface area contributed by atoms with Gasteiger partial charge in [-0.2, -0.15) is 0 Å². The van der Waals surface area contributed by atoms with Crippen molar-refractivity contribution in [3.63, 3.8) is 0 Å². The van der Waals surface area contributed by atoms with Gasteiger partial charge in [0.2, 0.25) is 0 Å². The molecule has 0 bridgehead atoms. The molecule has 1 saturated heterocycles. The SMILES string of the molecule is CC(C)C#CCNC(=O)n1cnc2c(N3CCN(CCF)CC3)cccc21. The summed E-state index contributed by atoms with van der Waals surface area (Å²) in [7, 11) is 0. The zero-order valence-corrected chi connectivity index (χ0v) is 15.9. The van der Waals surface area contributed by atoms with Gasteiger partial charge in [-0.25, -0.2) is 14.2 Å². The average Bonchev–Trinajstić information content (AvgIpc) is 3.10. The van der Waals surface area contributed by atoms with E-state index in [0.717, 1.165) is 42.9 Å². The fourth-order valence-electron chi connectivity index (χ4n) is 3.23. The minimum Gasteiger partial charge on any atom is -0.367 e. The van der Waals surface area contributed by atoms with Gasteiger partial charge in [0, 0.05) is 38.6 Å². The Bertz CT molecular complexity index is 843. The number of halogens is 1. The van der Waals surface area contributed by atoms with Crippen molar-refractivity contribution < 1.29 is 9.18 Å². The molecule has 1 aliphatic rings. The molecule has 1 aliphatic heterocycles. The molecule has 0 spiro atoms. The number of para-hydroxylation sites is 1. The van der Waals surface area contributed by atoms with Crippen LogP contribution in [-0.2, 0) is 0 Å². The lowest BCUT2D eigenvalue weighted by Crippen LogP contribution is -2.47. The molecule has 7 heteroatoms. The molecular weight excluding hydrogens is 345 g/mol. The van der Waals surface area contributed by atoms with Gasteiger partial charge in [-0.3, -0.25) is 9.47 Å². The number of carbonyl (C=O) groups excluding carboxylic acids is 1. The maximum atomic E-state index is 12.5. The molecule has 1 aromatic heterocycles. The Morgan fingerprint density at radius 1 is 1.30 bits per heavy atom. The number of hydrogen-bond donors (Lipinski definition) is 1. The summed E-state index contributed by atoms with van der Waals surface area (Å²) in [5.74, 6) is 6.25. The largest absolute Gasteiger partial charge is 0.367 e. The molecule has 3 rings (SSSR count). The monoisotopic (exact) mass is 371 g/mol. The summed E-state index contributed by atoms with van der Waals surface area (Å²) in [5.41, 5.74) is 2.59. The normalized spacial score (nSPS) is 15.0. The minimum absolute atomic E-state index is 0.236. The van der Waals surface area contributed by atoms with E-state index in [-0.39, 0.29) is 18.6 Å². The van der Waals surface area contributed by atoms with Crippen LogP contribution in [0.3, 0.4) is 0 Å². The molecule has 0 radical (unpaired) electrons. The third-order valence-electron chi connectivity index (χ3n) is 4.61. The zero-order chi connectivity index (χ0) is 19.2. The quantitative estimate of drug-likeness (QED) is 0.839. The molecule has 0 saturated carbocycles. The topological polar surface area (TPSA) is 53.4 Å². The third kappa shape index (κ3) is 4.58. The number of carbonyl (C=O) groups is 1. The lowest BCUT2D eigenvalue weighted by Gasteiger charge is -2.35. The Hall–Kier alpha value is -2.59. The highest BCUT2D eigenvalue weighted by Crippen LogP contribution is 2.26. The third-order valence-corrected chi connectivity index (χ3v) is 4.61. The first-order valence-electron chi connectivity index (χ1n) is 9.36. The second-order valence-electron chi connectivity index (χ2n) is 6.91. The van der Waals surface area contributed by atoms with E-state index in [1.807, 2.05) is 32.0 Å². The van der Waals surface area contributed by atoms with Gasteiger partial charge in [-0.05, 0) is 12.1 Å². The number of fused-ring (bicyclic) bond motifs is 1. The predicted molar refractivity (Wildman–Crippen MR) is 106 cm³/mol. The number of imidazole rings is 1. The fourth-order valence-corrected chi connectivity index (χ4v) is 3.23. The standard InChI is InChI=1S/C20H26FN5O/c1-16(2)5-4-9-22-20(27)26-15-23-19-17(6-3-7-18(19)26)25-13-11-24(10-8-21)12-14-25/h3,6-7,15-16H,8-14H2,1-2H3,(H,22,27). The lowest BCUT2D eigenvalue weighted by molar-refractivity contribution is 0.235. The van der Waals surface area contributed by atoms with Crippen molar-refractivity contribution in [1.82, 2.24) is 19.8 Å². The highest BCUT2D eigenvalue weighted by atomic mass is 19.1. The molecule has 0 aliphatic carbocycles. The van der Waals surface area contributed by atoms with E-state index in [1.165, 1.54) is 4.57 Å². The Balaban J connectivity index is 1.73. The number of hydrogen-bond acceptors (Lipinski definition) is 4. The van der Waals surface area contributed by atoms with Crippen LogP contribution in [0.25, 0.3) is 11.0 Å². The number of amides is 1. The number of nitrogens with zero attached hydrogens (tertiary/aromatic N) is 4. The second-order valence-corrected chi connectivity index (χ2v) is 6.91. The molecule has 2 heterocycles. The van der Waals surface area contributed by atoms with Gasteiger partial charge >= 0.3 is 6.03 Å². The number of piperazine rings is 1. The fraction of sp³-hybridized carbons (Fsp3) is 0.500. The zero-order valence-electron chi connectivity index (χ0n) is 15.9. The van der Waals surface area contributed by atoms with Crippen LogP contribution in [0.5, 0.6) is 0 Å². The van der Waals surface area contributed by atoms with Gasteiger partial charge in [-0.1, -0.05) is 31.8 Å². The van der Waals surface area contributed by atoms with E-state index in [2.05, 4.69) is 31.9 Å². The molecule has 1 amide bonds. The van der Waals surface area contributed by atoms with Crippen molar-refractivity contribution in [2.75, 3.05) is 50.8 Å². The number of benzene rings is 1. The van der Waals surface area contributed by atoms with Gasteiger partial charge in [-0.15, -0.1) is 0 Å². The van der Waals surface area contributed by atoms with E-state index in [0.29, 0.717) is 13.1 Å². The van der Waals surface area contributed by atoms with E-state index >= 15 is 0 Å². The second kappa shape index (κ2) is 8.87. The van der Waals surface area contributed by atoms with E-state index in [1.54, 1.807) is 6.33 Å². The summed E-state index contributed by atoms with van der Waals surface area (Å²) in [6.45, 7) is 7.82. The highest BCUT2D eigenvalue weighted by molar-refractivity contribution is 5.95. The van der Waals surface area contributed by atoms with Crippen LogP contribution in [-0.4, -0.2) is 66.4 Å². The molecule has 0 atom stereocenters. The van der Waals surface area contributed by atoms with Crippen molar-refractivity contribution in [2.45, 2.75) is 13.8 Å². The summed E-state index contributed by atoms with van der Waals surface area (Å²) in [4.78, 5) is 21.3. The maximum Gasteiger partial charge on any atom is 0.328 e. The molecular formula is C20H26FN5O. The summed E-state index contributed by atoms with van der Waals surface area (Å²) < 4.78 is 14.0. The van der Waals surface area contributed by atoms with Crippen LogP contribution in [0.2, 0.25) is 0 Å². The van der Waals surface area contributed by atoms with Crippen molar-refractivity contribution >= 4 is 22.8 Å². The van der Waals surface area contributed by atoms with Crippen LogP contribution in [0.1, 0.15) is 13.8 Å². The average molecular weight is 371 g/mol.